The Bertz CT molecular complexity index is 1060. The monoisotopic (exact) mass is 437 g/mol. The molecule has 0 amide bonds. The van der Waals surface area contributed by atoms with Crippen LogP contribution in [0.3, 0.4) is 0 Å². The van der Waals surface area contributed by atoms with Crippen molar-refractivity contribution in [2.45, 2.75) is 53.2 Å². The first-order valence-electron chi connectivity index (χ1n) is 10.9. The molecule has 1 aromatic heterocycles. The van der Waals surface area contributed by atoms with Crippen LogP contribution in [0.2, 0.25) is 0 Å². The van der Waals surface area contributed by atoms with Crippen molar-refractivity contribution < 1.29 is 23.4 Å². The summed E-state index contributed by atoms with van der Waals surface area (Å²) in [5.74, 6) is 1.73. The summed E-state index contributed by atoms with van der Waals surface area (Å²) in [6.07, 6.45) is 0.666. The SMILES string of the molecule is CCO[C@@H](Cc1ccc(OCc2nc(-c3ccccc3C)oc2C)cc1CC)C(=O)OC. The number of carbonyl (C=O) groups excluding carboxylic acids is 1. The van der Waals surface area contributed by atoms with E-state index in [-0.39, 0.29) is 5.97 Å². The molecule has 6 nitrogen and oxygen atoms in total. The van der Waals surface area contributed by atoms with Gasteiger partial charge in [0, 0.05) is 18.6 Å². The molecule has 170 valence electrons. The molecule has 32 heavy (non-hydrogen) atoms. The fourth-order valence-corrected chi connectivity index (χ4v) is 3.60. The maximum absolute atomic E-state index is 12.0. The van der Waals surface area contributed by atoms with Crippen LogP contribution in [-0.2, 0) is 33.7 Å². The maximum Gasteiger partial charge on any atom is 0.335 e. The first-order chi connectivity index (χ1) is 15.5. The summed E-state index contributed by atoms with van der Waals surface area (Å²) >= 11 is 0. The topological polar surface area (TPSA) is 70.8 Å². The molecule has 0 N–H and O–H groups in total. The Hall–Kier alpha value is -3.12. The predicted octanol–water partition coefficient (Wildman–Crippen LogP) is 5.22. The highest BCUT2D eigenvalue weighted by molar-refractivity contribution is 5.75. The molecule has 0 aliphatic rings. The van der Waals surface area contributed by atoms with Crippen LogP contribution in [0, 0.1) is 13.8 Å². The fourth-order valence-electron chi connectivity index (χ4n) is 3.60. The molecule has 0 saturated heterocycles. The van der Waals surface area contributed by atoms with Crippen LogP contribution in [-0.4, -0.2) is 30.8 Å². The molecule has 2 aromatic carbocycles. The highest BCUT2D eigenvalue weighted by Crippen LogP contribution is 2.26. The Kier molecular flexibility index (Phi) is 8.06. The molecule has 0 radical (unpaired) electrons. The van der Waals surface area contributed by atoms with Crippen molar-refractivity contribution in [3.05, 3.63) is 70.6 Å². The number of ether oxygens (including phenoxy) is 3. The van der Waals surface area contributed by atoms with Gasteiger partial charge in [0.25, 0.3) is 0 Å². The minimum Gasteiger partial charge on any atom is -0.487 e. The van der Waals surface area contributed by atoms with E-state index in [0.717, 1.165) is 45.9 Å². The first kappa shape index (κ1) is 23.5. The Morgan fingerprint density at radius 1 is 1.09 bits per heavy atom. The van der Waals surface area contributed by atoms with Crippen molar-refractivity contribution >= 4 is 5.97 Å². The maximum atomic E-state index is 12.0. The first-order valence-corrected chi connectivity index (χ1v) is 10.9. The molecule has 0 bridgehead atoms. The minimum absolute atomic E-state index is 0.313. The van der Waals surface area contributed by atoms with Gasteiger partial charge < -0.3 is 18.6 Å². The molecule has 3 aromatic rings. The summed E-state index contributed by atoms with van der Waals surface area (Å²) < 4.78 is 22.3. The number of rotatable bonds is 10. The number of methoxy groups -OCH3 is 1. The van der Waals surface area contributed by atoms with Crippen molar-refractivity contribution in [1.82, 2.24) is 4.98 Å². The molecular weight excluding hydrogens is 406 g/mol. The van der Waals surface area contributed by atoms with Crippen LogP contribution in [0.1, 0.15) is 42.0 Å². The van der Waals surface area contributed by atoms with Crippen molar-refractivity contribution in [3.8, 4) is 17.2 Å². The second-order valence-corrected chi connectivity index (χ2v) is 7.58. The molecule has 6 heteroatoms. The average molecular weight is 438 g/mol. The lowest BCUT2D eigenvalue weighted by atomic mass is 9.99. The van der Waals surface area contributed by atoms with Gasteiger partial charge in [-0.3, -0.25) is 0 Å². The lowest BCUT2D eigenvalue weighted by molar-refractivity contribution is -0.153. The molecule has 0 unspecified atom stereocenters. The molecule has 0 saturated carbocycles. The smallest absolute Gasteiger partial charge is 0.335 e. The highest BCUT2D eigenvalue weighted by Gasteiger charge is 2.21. The zero-order chi connectivity index (χ0) is 23.1. The molecule has 1 atom stereocenters. The van der Waals surface area contributed by atoms with Gasteiger partial charge in [-0.25, -0.2) is 9.78 Å². The van der Waals surface area contributed by atoms with Gasteiger partial charge >= 0.3 is 5.97 Å². The van der Waals surface area contributed by atoms with E-state index in [1.54, 1.807) is 0 Å². The van der Waals surface area contributed by atoms with Crippen LogP contribution >= 0.6 is 0 Å². The van der Waals surface area contributed by atoms with Gasteiger partial charge in [0.15, 0.2) is 6.10 Å². The van der Waals surface area contributed by atoms with E-state index < -0.39 is 6.10 Å². The summed E-state index contributed by atoms with van der Waals surface area (Å²) in [6, 6.07) is 13.9. The standard InChI is InChI=1S/C26H31NO5/c1-6-19-14-21(13-12-20(19)15-24(30-7-2)26(28)29-5)31-16-23-18(4)32-25(27-23)22-11-9-8-10-17(22)3/h8-14,24H,6-7,15-16H2,1-5H3/t24-/m0/s1. The number of hydrogen-bond acceptors (Lipinski definition) is 6. The van der Waals surface area contributed by atoms with Crippen molar-refractivity contribution in [2.24, 2.45) is 0 Å². The molecule has 0 aliphatic carbocycles. The van der Waals surface area contributed by atoms with Crippen molar-refractivity contribution in [1.29, 1.82) is 0 Å². The number of benzene rings is 2. The summed E-state index contributed by atoms with van der Waals surface area (Å²) in [6.45, 7) is 8.64. The normalized spacial score (nSPS) is 11.9. The number of oxazole rings is 1. The van der Waals surface area contributed by atoms with E-state index in [1.165, 1.54) is 7.11 Å². The average Bonchev–Trinajstić information content (AvgIpc) is 3.17. The molecular formula is C26H31NO5. The summed E-state index contributed by atoms with van der Waals surface area (Å²) in [7, 11) is 1.38. The number of aryl methyl sites for hydroxylation is 3. The van der Waals surface area contributed by atoms with E-state index in [2.05, 4.69) is 11.9 Å². The lowest BCUT2D eigenvalue weighted by Gasteiger charge is -2.17. The fraction of sp³-hybridized carbons (Fsp3) is 0.385. The van der Waals surface area contributed by atoms with Gasteiger partial charge in [0.1, 0.15) is 23.8 Å². The van der Waals surface area contributed by atoms with E-state index in [4.69, 9.17) is 18.6 Å². The van der Waals surface area contributed by atoms with Crippen LogP contribution in [0.15, 0.2) is 46.9 Å². The van der Waals surface area contributed by atoms with Crippen LogP contribution in [0.25, 0.3) is 11.5 Å². The van der Waals surface area contributed by atoms with E-state index >= 15 is 0 Å². The summed E-state index contributed by atoms with van der Waals surface area (Å²) in [4.78, 5) is 16.6. The lowest BCUT2D eigenvalue weighted by Crippen LogP contribution is -2.28. The summed E-state index contributed by atoms with van der Waals surface area (Å²) in [5, 5.41) is 0. The second kappa shape index (κ2) is 11.0. The Labute approximate surface area is 189 Å². The predicted molar refractivity (Wildman–Crippen MR) is 123 cm³/mol. The largest absolute Gasteiger partial charge is 0.487 e. The van der Waals surface area contributed by atoms with Crippen molar-refractivity contribution in [3.63, 3.8) is 0 Å². The highest BCUT2D eigenvalue weighted by atomic mass is 16.6. The van der Waals surface area contributed by atoms with Gasteiger partial charge in [-0.05, 0) is 62.1 Å². The zero-order valence-corrected chi connectivity index (χ0v) is 19.4. The van der Waals surface area contributed by atoms with Gasteiger partial charge in [0.05, 0.1) is 7.11 Å². The van der Waals surface area contributed by atoms with Crippen LogP contribution in [0.4, 0.5) is 0 Å². The van der Waals surface area contributed by atoms with Gasteiger partial charge in [-0.1, -0.05) is 31.2 Å². The number of aromatic nitrogens is 1. The number of hydrogen-bond donors (Lipinski definition) is 0. The van der Waals surface area contributed by atoms with E-state index in [0.29, 0.717) is 25.5 Å². The third kappa shape index (κ3) is 5.56. The van der Waals surface area contributed by atoms with Crippen LogP contribution < -0.4 is 4.74 Å². The Morgan fingerprint density at radius 3 is 2.56 bits per heavy atom. The Balaban J connectivity index is 1.72. The zero-order valence-electron chi connectivity index (χ0n) is 19.4. The molecule has 1 heterocycles. The quantitative estimate of drug-likeness (QED) is 0.405. The van der Waals surface area contributed by atoms with Crippen molar-refractivity contribution in [2.75, 3.05) is 13.7 Å². The van der Waals surface area contributed by atoms with E-state index in [9.17, 15) is 4.79 Å². The van der Waals surface area contributed by atoms with Gasteiger partial charge in [0.2, 0.25) is 5.89 Å². The molecule has 3 rings (SSSR count). The third-order valence-corrected chi connectivity index (χ3v) is 5.44. The molecule has 0 spiro atoms. The summed E-state index contributed by atoms with van der Waals surface area (Å²) in [5.41, 5.74) is 5.01. The number of esters is 1. The number of carbonyl (C=O) groups is 1. The second-order valence-electron chi connectivity index (χ2n) is 7.58. The number of nitrogens with zero attached hydrogens (tertiary/aromatic N) is 1. The minimum atomic E-state index is -0.611. The molecule has 0 aliphatic heterocycles. The van der Waals surface area contributed by atoms with Gasteiger partial charge in [-0.2, -0.15) is 0 Å². The molecule has 0 fully saturated rings. The Morgan fingerprint density at radius 2 is 1.88 bits per heavy atom. The van der Waals surface area contributed by atoms with Gasteiger partial charge in [-0.15, -0.1) is 0 Å². The van der Waals surface area contributed by atoms with Crippen LogP contribution in [0.5, 0.6) is 5.75 Å². The van der Waals surface area contributed by atoms with E-state index in [1.807, 2.05) is 63.2 Å². The third-order valence-electron chi connectivity index (χ3n) is 5.44.